The smallest absolute Gasteiger partial charge is 0.244 e. The van der Waals surface area contributed by atoms with Gasteiger partial charge in [-0.25, -0.2) is 0 Å². The Kier molecular flexibility index (Phi) is 6.77. The van der Waals surface area contributed by atoms with E-state index in [1.807, 2.05) is 19.1 Å². The summed E-state index contributed by atoms with van der Waals surface area (Å²) in [6.07, 6.45) is 0.731. The molecule has 1 aliphatic heterocycles. The van der Waals surface area contributed by atoms with Crippen LogP contribution in [0, 0.1) is 0 Å². The molecule has 3 amide bonds. The number of halogens is 2. The molecule has 1 atom stereocenters. The van der Waals surface area contributed by atoms with Gasteiger partial charge in [0.2, 0.25) is 17.7 Å². The van der Waals surface area contributed by atoms with E-state index in [9.17, 15) is 14.4 Å². The second kappa shape index (κ2) is 9.29. The largest absolute Gasteiger partial charge is 0.333 e. The molecule has 1 aliphatic rings. The third-order valence-corrected chi connectivity index (χ3v) is 5.20. The molecule has 29 heavy (non-hydrogen) atoms. The minimum absolute atomic E-state index is 0.0534. The fourth-order valence-corrected chi connectivity index (χ4v) is 3.68. The van der Waals surface area contributed by atoms with Crippen molar-refractivity contribution in [1.29, 1.82) is 0 Å². The number of fused-ring (bicyclic) bond motifs is 1. The number of benzene rings is 2. The monoisotopic (exact) mass is 433 g/mol. The Morgan fingerprint density at radius 3 is 2.72 bits per heavy atom. The minimum Gasteiger partial charge on any atom is -0.333 e. The van der Waals surface area contributed by atoms with Gasteiger partial charge in [-0.05, 0) is 36.2 Å². The van der Waals surface area contributed by atoms with Gasteiger partial charge in [-0.1, -0.05) is 48.3 Å². The quantitative estimate of drug-likeness (QED) is 0.712. The number of carbonyl (C=O) groups excluding carboxylic acids is 3. The number of para-hydroxylation sites is 1. The highest BCUT2D eigenvalue weighted by Crippen LogP contribution is 2.33. The normalized spacial score (nSPS) is 15.3. The first-order chi connectivity index (χ1) is 13.9. The zero-order chi connectivity index (χ0) is 21.0. The Morgan fingerprint density at radius 1 is 1.21 bits per heavy atom. The van der Waals surface area contributed by atoms with Crippen molar-refractivity contribution >= 4 is 52.3 Å². The number of nitrogens with zero attached hydrogens (tertiary/aromatic N) is 1. The summed E-state index contributed by atoms with van der Waals surface area (Å²) in [5.74, 6) is -1.46. The van der Waals surface area contributed by atoms with E-state index in [0.29, 0.717) is 34.4 Å². The van der Waals surface area contributed by atoms with E-state index >= 15 is 0 Å². The molecular formula is C21H21Cl2N3O3. The second-order valence-electron chi connectivity index (χ2n) is 6.82. The van der Waals surface area contributed by atoms with Crippen LogP contribution in [0.4, 0.5) is 11.4 Å². The Balaban J connectivity index is 1.77. The summed E-state index contributed by atoms with van der Waals surface area (Å²) in [5.41, 5.74) is 1.78. The average Bonchev–Trinajstić information content (AvgIpc) is 2.69. The first-order valence-corrected chi connectivity index (χ1v) is 10.1. The molecule has 1 heterocycles. The van der Waals surface area contributed by atoms with Gasteiger partial charge in [0.25, 0.3) is 0 Å². The van der Waals surface area contributed by atoms with Crippen LogP contribution in [0.2, 0.25) is 10.0 Å². The molecule has 0 saturated carbocycles. The summed E-state index contributed by atoms with van der Waals surface area (Å²) >= 11 is 12.1. The van der Waals surface area contributed by atoms with Gasteiger partial charge in [0.1, 0.15) is 0 Å². The van der Waals surface area contributed by atoms with Crippen molar-refractivity contribution in [3.05, 3.63) is 58.1 Å². The van der Waals surface area contributed by atoms with Crippen molar-refractivity contribution in [2.45, 2.75) is 25.7 Å². The minimum atomic E-state index is -0.617. The van der Waals surface area contributed by atoms with Crippen LogP contribution in [-0.2, 0) is 14.4 Å². The lowest BCUT2D eigenvalue weighted by molar-refractivity contribution is -0.137. The van der Waals surface area contributed by atoms with Gasteiger partial charge >= 0.3 is 0 Å². The van der Waals surface area contributed by atoms with Crippen molar-refractivity contribution in [2.24, 2.45) is 0 Å². The summed E-state index contributed by atoms with van der Waals surface area (Å²) in [6, 6.07) is 12.0. The molecule has 0 spiro atoms. The van der Waals surface area contributed by atoms with E-state index in [0.717, 1.165) is 5.56 Å². The van der Waals surface area contributed by atoms with E-state index < -0.39 is 5.92 Å². The molecule has 2 N–H and O–H groups in total. The molecule has 2 aromatic rings. The average molecular weight is 434 g/mol. The van der Waals surface area contributed by atoms with Crippen LogP contribution in [0.5, 0.6) is 0 Å². The molecule has 0 radical (unpaired) electrons. The molecule has 8 heteroatoms. The van der Waals surface area contributed by atoms with Crippen LogP contribution in [0.15, 0.2) is 42.5 Å². The molecule has 0 fully saturated rings. The van der Waals surface area contributed by atoms with Crippen molar-refractivity contribution < 1.29 is 14.4 Å². The predicted octanol–water partition coefficient (Wildman–Crippen LogP) is 4.30. The summed E-state index contributed by atoms with van der Waals surface area (Å²) < 4.78 is 0. The Morgan fingerprint density at radius 2 is 1.97 bits per heavy atom. The van der Waals surface area contributed by atoms with Gasteiger partial charge in [0.05, 0.1) is 23.2 Å². The summed E-state index contributed by atoms with van der Waals surface area (Å²) in [4.78, 5) is 39.3. The maximum Gasteiger partial charge on any atom is 0.244 e. The molecule has 0 aromatic heterocycles. The van der Waals surface area contributed by atoms with Gasteiger partial charge in [0, 0.05) is 23.7 Å². The van der Waals surface area contributed by atoms with Crippen LogP contribution in [0.1, 0.15) is 31.2 Å². The van der Waals surface area contributed by atoms with Crippen LogP contribution >= 0.6 is 23.2 Å². The molecule has 0 saturated heterocycles. The molecule has 0 bridgehead atoms. The van der Waals surface area contributed by atoms with Gasteiger partial charge in [-0.2, -0.15) is 0 Å². The standard InChI is InChI=1S/C21H21Cl2N3O3/c1-2-9-26(12-20(28)25-18-10-13(22)7-8-16(18)23)21(29)15-11-19(27)24-17-6-4-3-5-14(15)17/h3-8,10,15H,2,9,11-12H2,1H3,(H,24,27)(H,25,28). The van der Waals surface area contributed by atoms with Crippen molar-refractivity contribution in [1.82, 2.24) is 4.90 Å². The van der Waals surface area contributed by atoms with Crippen LogP contribution < -0.4 is 10.6 Å². The second-order valence-corrected chi connectivity index (χ2v) is 7.67. The van der Waals surface area contributed by atoms with E-state index in [1.54, 1.807) is 30.3 Å². The van der Waals surface area contributed by atoms with Crippen molar-refractivity contribution in [3.63, 3.8) is 0 Å². The number of hydrogen-bond donors (Lipinski definition) is 2. The summed E-state index contributed by atoms with van der Waals surface area (Å²) in [6.45, 7) is 2.18. The maximum absolute atomic E-state index is 13.2. The lowest BCUT2D eigenvalue weighted by Crippen LogP contribution is -2.43. The van der Waals surface area contributed by atoms with E-state index in [-0.39, 0.29) is 30.7 Å². The number of nitrogens with one attached hydrogen (secondary N) is 2. The lowest BCUT2D eigenvalue weighted by atomic mass is 9.89. The van der Waals surface area contributed by atoms with Crippen LogP contribution in [0.25, 0.3) is 0 Å². The lowest BCUT2D eigenvalue weighted by Gasteiger charge is -2.30. The molecule has 2 aromatic carbocycles. The topological polar surface area (TPSA) is 78.5 Å². The number of amides is 3. The highest BCUT2D eigenvalue weighted by atomic mass is 35.5. The van der Waals surface area contributed by atoms with Gasteiger partial charge in [-0.3, -0.25) is 14.4 Å². The SMILES string of the molecule is CCCN(CC(=O)Nc1cc(Cl)ccc1Cl)C(=O)C1CC(=O)Nc2ccccc21. The number of rotatable bonds is 6. The Hall–Kier alpha value is -2.57. The highest BCUT2D eigenvalue weighted by Gasteiger charge is 2.33. The first kappa shape index (κ1) is 21.1. The third-order valence-electron chi connectivity index (χ3n) is 4.64. The van der Waals surface area contributed by atoms with Crippen molar-refractivity contribution in [2.75, 3.05) is 23.7 Å². The molecule has 1 unspecified atom stereocenters. The number of carbonyl (C=O) groups is 3. The Labute approximate surface area is 179 Å². The molecule has 152 valence electrons. The van der Waals surface area contributed by atoms with Crippen LogP contribution in [-0.4, -0.2) is 35.7 Å². The maximum atomic E-state index is 13.2. The number of anilines is 2. The molecule has 3 rings (SSSR count). The molecule has 0 aliphatic carbocycles. The Bertz CT molecular complexity index is 949. The van der Waals surface area contributed by atoms with Crippen molar-refractivity contribution in [3.8, 4) is 0 Å². The van der Waals surface area contributed by atoms with E-state index in [2.05, 4.69) is 10.6 Å². The zero-order valence-electron chi connectivity index (χ0n) is 15.9. The van der Waals surface area contributed by atoms with E-state index in [1.165, 1.54) is 4.90 Å². The van der Waals surface area contributed by atoms with Gasteiger partial charge < -0.3 is 15.5 Å². The first-order valence-electron chi connectivity index (χ1n) is 9.31. The fourth-order valence-electron chi connectivity index (χ4n) is 3.35. The molecular weight excluding hydrogens is 413 g/mol. The van der Waals surface area contributed by atoms with E-state index in [4.69, 9.17) is 23.2 Å². The fraction of sp³-hybridized carbons (Fsp3) is 0.286. The summed E-state index contributed by atoms with van der Waals surface area (Å²) in [7, 11) is 0. The summed E-state index contributed by atoms with van der Waals surface area (Å²) in [5, 5.41) is 6.28. The zero-order valence-corrected chi connectivity index (χ0v) is 17.4. The third kappa shape index (κ3) is 5.08. The van der Waals surface area contributed by atoms with Gasteiger partial charge in [0.15, 0.2) is 0 Å². The van der Waals surface area contributed by atoms with Gasteiger partial charge in [-0.15, -0.1) is 0 Å². The van der Waals surface area contributed by atoms with Crippen LogP contribution in [0.3, 0.4) is 0 Å². The number of hydrogen-bond acceptors (Lipinski definition) is 3. The predicted molar refractivity (Wildman–Crippen MR) is 114 cm³/mol. The molecule has 6 nitrogen and oxygen atoms in total. The highest BCUT2D eigenvalue weighted by molar-refractivity contribution is 6.35.